The van der Waals surface area contributed by atoms with E-state index in [4.69, 9.17) is 4.74 Å². The zero-order chi connectivity index (χ0) is 23.0. The molecule has 0 spiro atoms. The highest BCUT2D eigenvalue weighted by atomic mass is 127. The van der Waals surface area contributed by atoms with Crippen LogP contribution in [0.5, 0.6) is 0 Å². The number of rotatable bonds is 7. The summed E-state index contributed by atoms with van der Waals surface area (Å²) < 4.78 is 9.76. The Hall–Kier alpha value is -1.91. The first-order chi connectivity index (χ1) is 16.8. The van der Waals surface area contributed by atoms with Crippen LogP contribution in [0.25, 0.3) is 0 Å². The molecule has 4 bridgehead atoms. The number of halogens is 1. The van der Waals surface area contributed by atoms with Crippen molar-refractivity contribution in [3.8, 4) is 0 Å². The summed E-state index contributed by atoms with van der Waals surface area (Å²) in [5.41, 5.74) is 2.94. The molecule has 0 aromatic heterocycles. The van der Waals surface area contributed by atoms with E-state index in [0.29, 0.717) is 5.92 Å². The van der Waals surface area contributed by atoms with Gasteiger partial charge in [-0.3, -0.25) is 0 Å². The second-order valence-electron chi connectivity index (χ2n) is 10.7. The van der Waals surface area contributed by atoms with Crippen LogP contribution in [0, 0.1) is 29.6 Å². The summed E-state index contributed by atoms with van der Waals surface area (Å²) >= 11 is 2.39. The van der Waals surface area contributed by atoms with E-state index in [1.54, 1.807) is 0 Å². The van der Waals surface area contributed by atoms with Gasteiger partial charge in [0.05, 0.1) is 6.10 Å². The fraction of sp³-hybridized carbons (Fsp3) is 0.375. The lowest BCUT2D eigenvalue weighted by Gasteiger charge is -2.56. The molecule has 3 aromatic carbocycles. The molecule has 3 aromatic rings. The Morgan fingerprint density at radius 3 is 1.44 bits per heavy atom. The van der Waals surface area contributed by atoms with Gasteiger partial charge in [-0.2, -0.15) is 0 Å². The van der Waals surface area contributed by atoms with Gasteiger partial charge in [-0.25, -0.2) is 0 Å². The molecule has 4 fully saturated rings. The van der Waals surface area contributed by atoms with Crippen molar-refractivity contribution in [2.45, 2.75) is 43.8 Å². The van der Waals surface area contributed by atoms with Gasteiger partial charge in [0.15, 0.2) is 0 Å². The lowest BCUT2D eigenvalue weighted by Crippen LogP contribution is -2.51. The summed E-state index contributed by atoms with van der Waals surface area (Å²) in [5, 5.41) is 0. The number of benzene rings is 3. The molecule has 1 atom stereocenters. The minimum absolute atomic E-state index is 0.0903. The van der Waals surface area contributed by atoms with Crippen LogP contribution in [-0.2, 0) is 10.3 Å². The molecule has 2 heteroatoms. The fourth-order valence-electron chi connectivity index (χ4n) is 7.75. The summed E-state index contributed by atoms with van der Waals surface area (Å²) in [4.78, 5) is 0. The molecule has 0 N–H and O–H groups in total. The number of hydrogen-bond donors (Lipinski definition) is 0. The largest absolute Gasteiger partial charge is 0.353 e. The number of ether oxygens (including phenoxy) is 1. The molecule has 34 heavy (non-hydrogen) atoms. The SMILES string of the molecule is I/C=C/C(OC(c1ccccc1)(c1ccccc1)c1ccccc1)C1C2CC3CC(C2)CC1C3. The summed E-state index contributed by atoms with van der Waals surface area (Å²) in [6.07, 6.45) is 9.55. The van der Waals surface area contributed by atoms with Gasteiger partial charge in [0, 0.05) is 0 Å². The first-order valence-corrected chi connectivity index (χ1v) is 14.1. The van der Waals surface area contributed by atoms with Crippen molar-refractivity contribution >= 4 is 22.6 Å². The standard InChI is InChI=1S/C32H33IO/c33-17-16-30(31-25-19-23-18-24(21-25)22-26(31)20-23)34-32(27-10-4-1-5-11-27,28-12-6-2-7-13-28)29-14-8-3-9-15-29/h1-17,23-26,30-31H,18-22H2/b17-16+. The molecule has 0 saturated heterocycles. The molecule has 1 nitrogen and oxygen atoms in total. The van der Waals surface area contributed by atoms with Gasteiger partial charge in [-0.05, 0) is 88.5 Å². The Bertz CT molecular complexity index is 983. The first-order valence-electron chi connectivity index (χ1n) is 12.9. The lowest BCUT2D eigenvalue weighted by molar-refractivity contribution is -0.128. The second-order valence-corrected chi connectivity index (χ2v) is 11.4. The zero-order valence-electron chi connectivity index (χ0n) is 19.6. The monoisotopic (exact) mass is 560 g/mol. The van der Waals surface area contributed by atoms with Crippen LogP contribution in [0.15, 0.2) is 101 Å². The highest BCUT2D eigenvalue weighted by Crippen LogP contribution is 2.58. The maximum Gasteiger partial charge on any atom is 0.144 e. The minimum atomic E-state index is -0.654. The Labute approximate surface area is 217 Å². The molecule has 1 unspecified atom stereocenters. The average molecular weight is 561 g/mol. The van der Waals surface area contributed by atoms with Gasteiger partial charge in [0.25, 0.3) is 0 Å². The third kappa shape index (κ3) is 3.97. The van der Waals surface area contributed by atoms with Crippen molar-refractivity contribution in [1.82, 2.24) is 0 Å². The van der Waals surface area contributed by atoms with E-state index in [1.807, 2.05) is 0 Å². The molecule has 0 radical (unpaired) electrons. The van der Waals surface area contributed by atoms with Crippen LogP contribution in [0.3, 0.4) is 0 Å². The predicted molar refractivity (Wildman–Crippen MR) is 148 cm³/mol. The maximum absolute atomic E-state index is 7.57. The third-order valence-electron chi connectivity index (χ3n) is 8.80. The quantitative estimate of drug-likeness (QED) is 0.208. The molecule has 4 aliphatic rings. The van der Waals surface area contributed by atoms with Crippen LogP contribution in [-0.4, -0.2) is 6.10 Å². The van der Waals surface area contributed by atoms with Crippen molar-refractivity contribution < 1.29 is 4.74 Å². The Kier molecular flexibility index (Phi) is 6.38. The molecule has 0 amide bonds. The average Bonchev–Trinajstić information content (AvgIpc) is 2.88. The molecular formula is C32H33IO. The zero-order valence-corrected chi connectivity index (χ0v) is 21.8. The van der Waals surface area contributed by atoms with Crippen LogP contribution < -0.4 is 0 Å². The topological polar surface area (TPSA) is 9.23 Å². The molecule has 7 rings (SSSR count). The van der Waals surface area contributed by atoms with E-state index < -0.39 is 5.60 Å². The summed E-state index contributed by atoms with van der Waals surface area (Å²) in [7, 11) is 0. The van der Waals surface area contributed by atoms with E-state index in [0.717, 1.165) is 23.7 Å². The fourth-order valence-corrected chi connectivity index (χ4v) is 8.16. The molecular weight excluding hydrogens is 527 g/mol. The van der Waals surface area contributed by atoms with Gasteiger partial charge >= 0.3 is 0 Å². The van der Waals surface area contributed by atoms with Crippen molar-refractivity contribution in [2.24, 2.45) is 29.6 Å². The second kappa shape index (κ2) is 9.62. The Morgan fingerprint density at radius 1 is 0.647 bits per heavy atom. The maximum atomic E-state index is 7.57. The van der Waals surface area contributed by atoms with Crippen LogP contribution in [0.1, 0.15) is 48.8 Å². The summed E-state index contributed by atoms with van der Waals surface area (Å²) in [6.45, 7) is 0. The number of hydrogen-bond acceptors (Lipinski definition) is 1. The van der Waals surface area contributed by atoms with E-state index in [-0.39, 0.29) is 6.10 Å². The van der Waals surface area contributed by atoms with E-state index in [2.05, 4.69) is 124 Å². The lowest BCUT2D eigenvalue weighted by atomic mass is 9.51. The van der Waals surface area contributed by atoms with Gasteiger partial charge in [-0.1, -0.05) is 114 Å². The van der Waals surface area contributed by atoms with Crippen molar-refractivity contribution in [3.05, 3.63) is 118 Å². The molecule has 4 saturated carbocycles. The highest BCUT2D eigenvalue weighted by molar-refractivity contribution is 14.1. The Morgan fingerprint density at radius 2 is 1.06 bits per heavy atom. The van der Waals surface area contributed by atoms with Gasteiger partial charge in [0.2, 0.25) is 0 Å². The van der Waals surface area contributed by atoms with E-state index in [9.17, 15) is 0 Å². The first kappa shape index (κ1) is 22.5. The normalized spacial score (nSPS) is 28.9. The third-order valence-corrected chi connectivity index (χ3v) is 9.21. The Balaban J connectivity index is 1.50. The van der Waals surface area contributed by atoms with Gasteiger partial charge < -0.3 is 4.74 Å². The molecule has 0 heterocycles. The van der Waals surface area contributed by atoms with Crippen molar-refractivity contribution in [1.29, 1.82) is 0 Å². The molecule has 4 aliphatic carbocycles. The van der Waals surface area contributed by atoms with E-state index >= 15 is 0 Å². The summed E-state index contributed by atoms with van der Waals surface area (Å²) in [6, 6.07) is 32.6. The minimum Gasteiger partial charge on any atom is -0.353 e. The highest BCUT2D eigenvalue weighted by Gasteiger charge is 2.52. The van der Waals surface area contributed by atoms with Crippen LogP contribution in [0.2, 0.25) is 0 Å². The van der Waals surface area contributed by atoms with Gasteiger partial charge in [-0.15, -0.1) is 0 Å². The van der Waals surface area contributed by atoms with Gasteiger partial charge in [0.1, 0.15) is 5.60 Å². The van der Waals surface area contributed by atoms with Crippen molar-refractivity contribution in [3.63, 3.8) is 0 Å². The van der Waals surface area contributed by atoms with E-state index in [1.165, 1.54) is 48.8 Å². The smallest absolute Gasteiger partial charge is 0.144 e. The van der Waals surface area contributed by atoms with Crippen molar-refractivity contribution in [2.75, 3.05) is 0 Å². The van der Waals surface area contributed by atoms with Crippen LogP contribution >= 0.6 is 22.6 Å². The molecule has 174 valence electrons. The predicted octanol–water partition coefficient (Wildman–Crippen LogP) is 8.38. The van der Waals surface area contributed by atoms with Crippen LogP contribution in [0.4, 0.5) is 0 Å². The molecule has 0 aliphatic heterocycles. The summed E-state index contributed by atoms with van der Waals surface area (Å²) in [5.74, 6) is 4.13.